The third-order valence-corrected chi connectivity index (χ3v) is 5.36. The van der Waals surface area contributed by atoms with E-state index in [0.29, 0.717) is 24.3 Å². The average molecular weight is 400 g/mol. The van der Waals surface area contributed by atoms with E-state index in [1.807, 2.05) is 25.1 Å². The topological polar surface area (TPSA) is 63.4 Å². The number of methoxy groups -OCH3 is 1. The van der Waals surface area contributed by atoms with Gasteiger partial charge in [-0.05, 0) is 36.4 Å². The zero-order chi connectivity index (χ0) is 20.6. The highest BCUT2D eigenvalue weighted by molar-refractivity contribution is 5.95. The number of quaternary nitrogens is 1. The number of ketones is 1. The number of aliphatic hydroxyl groups is 1. The number of Topliss-reactive ketones (excluding diaryl/α,β-unsaturated/α-hetero) is 1. The average Bonchev–Trinajstić information content (AvgIpc) is 2.78. The molecule has 3 rings (SSSR count). The number of anilines is 1. The number of hydrogen-bond acceptors (Lipinski definition) is 5. The van der Waals surface area contributed by atoms with Crippen molar-refractivity contribution >= 4 is 11.5 Å². The van der Waals surface area contributed by atoms with Gasteiger partial charge in [-0.1, -0.05) is 19.1 Å². The summed E-state index contributed by atoms with van der Waals surface area (Å²) in [6.45, 7) is 6.53. The van der Waals surface area contributed by atoms with Gasteiger partial charge < -0.3 is 24.4 Å². The molecule has 1 aliphatic rings. The Balaban J connectivity index is 1.43. The molecule has 0 amide bonds. The lowest BCUT2D eigenvalue weighted by molar-refractivity contribution is -0.903. The minimum Gasteiger partial charge on any atom is -0.495 e. The third kappa shape index (κ3) is 5.71. The predicted molar refractivity (Wildman–Crippen MR) is 113 cm³/mol. The van der Waals surface area contributed by atoms with Gasteiger partial charge in [-0.2, -0.15) is 0 Å². The van der Waals surface area contributed by atoms with E-state index >= 15 is 0 Å². The molecule has 0 saturated carbocycles. The molecule has 2 aromatic rings. The molecule has 1 fully saturated rings. The van der Waals surface area contributed by atoms with Crippen LogP contribution in [0, 0.1) is 0 Å². The van der Waals surface area contributed by atoms with Gasteiger partial charge in [-0.3, -0.25) is 4.79 Å². The molecular formula is C23H31N2O4+. The molecule has 6 heteroatoms. The van der Waals surface area contributed by atoms with E-state index in [2.05, 4.69) is 11.0 Å². The highest BCUT2D eigenvalue weighted by atomic mass is 16.5. The molecule has 0 unspecified atom stereocenters. The van der Waals surface area contributed by atoms with Crippen LogP contribution in [0.5, 0.6) is 11.5 Å². The quantitative estimate of drug-likeness (QED) is 0.625. The van der Waals surface area contributed by atoms with Crippen LogP contribution in [0.4, 0.5) is 5.69 Å². The van der Waals surface area contributed by atoms with E-state index in [0.717, 1.165) is 37.6 Å². The minimum atomic E-state index is -0.528. The summed E-state index contributed by atoms with van der Waals surface area (Å²) in [6, 6.07) is 15.2. The van der Waals surface area contributed by atoms with Crippen LogP contribution in [0.15, 0.2) is 48.5 Å². The van der Waals surface area contributed by atoms with Crippen LogP contribution in [0.2, 0.25) is 0 Å². The number of carbonyl (C=O) groups excluding carboxylic acids is 1. The highest BCUT2D eigenvalue weighted by Gasteiger charge is 2.24. The Labute approximate surface area is 172 Å². The molecule has 1 aliphatic heterocycles. The number of para-hydroxylation sites is 2. The first-order valence-electron chi connectivity index (χ1n) is 10.3. The second-order valence-corrected chi connectivity index (χ2v) is 7.38. The second-order valence-electron chi connectivity index (χ2n) is 7.38. The zero-order valence-electron chi connectivity index (χ0n) is 17.3. The SMILES string of the molecule is CCC(=O)c1ccc(OC[C@H](O)C[NH+]2CCN(c3ccccc3OC)CC2)cc1. The van der Waals surface area contributed by atoms with Gasteiger partial charge in [-0.25, -0.2) is 0 Å². The van der Waals surface area contributed by atoms with Crippen LogP contribution in [0.25, 0.3) is 0 Å². The fourth-order valence-electron chi connectivity index (χ4n) is 3.68. The van der Waals surface area contributed by atoms with Crippen LogP contribution in [0.1, 0.15) is 23.7 Å². The van der Waals surface area contributed by atoms with Crippen molar-refractivity contribution in [1.29, 1.82) is 0 Å². The second kappa shape index (κ2) is 10.3. The maximum atomic E-state index is 11.7. The number of nitrogens with one attached hydrogen (secondary N) is 1. The number of aliphatic hydroxyl groups excluding tert-OH is 1. The van der Waals surface area contributed by atoms with Gasteiger partial charge in [0.05, 0.1) is 39.0 Å². The molecule has 6 nitrogen and oxygen atoms in total. The normalized spacial score (nSPS) is 15.8. The van der Waals surface area contributed by atoms with Gasteiger partial charge in [0.1, 0.15) is 30.8 Å². The van der Waals surface area contributed by atoms with Crippen LogP contribution in [-0.4, -0.2) is 63.4 Å². The minimum absolute atomic E-state index is 0.118. The fourth-order valence-corrected chi connectivity index (χ4v) is 3.68. The molecule has 0 bridgehead atoms. The Hall–Kier alpha value is -2.57. The van der Waals surface area contributed by atoms with Crippen LogP contribution in [-0.2, 0) is 0 Å². The van der Waals surface area contributed by atoms with E-state index in [-0.39, 0.29) is 12.4 Å². The molecule has 1 atom stereocenters. The van der Waals surface area contributed by atoms with Crippen LogP contribution >= 0.6 is 0 Å². The first-order chi connectivity index (χ1) is 14.1. The Morgan fingerprint density at radius 1 is 1.14 bits per heavy atom. The lowest BCUT2D eigenvalue weighted by Gasteiger charge is -2.35. The fraction of sp³-hybridized carbons (Fsp3) is 0.435. The van der Waals surface area contributed by atoms with Crippen molar-refractivity contribution in [3.05, 3.63) is 54.1 Å². The summed E-state index contributed by atoms with van der Waals surface area (Å²) >= 11 is 0. The molecule has 1 saturated heterocycles. The zero-order valence-corrected chi connectivity index (χ0v) is 17.3. The van der Waals surface area contributed by atoms with Gasteiger partial charge in [0.15, 0.2) is 5.78 Å². The van der Waals surface area contributed by atoms with Gasteiger partial charge >= 0.3 is 0 Å². The molecular weight excluding hydrogens is 368 g/mol. The Bertz CT molecular complexity index is 786. The number of hydrogen-bond donors (Lipinski definition) is 2. The van der Waals surface area contributed by atoms with Gasteiger partial charge in [0.2, 0.25) is 0 Å². The van der Waals surface area contributed by atoms with Gasteiger partial charge in [0, 0.05) is 12.0 Å². The highest BCUT2D eigenvalue weighted by Crippen LogP contribution is 2.27. The molecule has 0 aliphatic carbocycles. The van der Waals surface area contributed by atoms with Crippen LogP contribution < -0.4 is 19.3 Å². The van der Waals surface area contributed by atoms with E-state index in [1.165, 1.54) is 4.90 Å². The number of nitrogens with zero attached hydrogens (tertiary/aromatic N) is 1. The van der Waals surface area contributed by atoms with Crippen molar-refractivity contribution in [3.8, 4) is 11.5 Å². The standard InChI is InChI=1S/C23H30N2O4/c1-3-22(27)18-8-10-20(11-9-18)29-17-19(26)16-24-12-14-25(15-13-24)21-6-4-5-7-23(21)28-2/h4-11,19,26H,3,12-17H2,1-2H3/p+1/t19-/m1/s1. The number of rotatable bonds is 9. The lowest BCUT2D eigenvalue weighted by atomic mass is 10.1. The largest absolute Gasteiger partial charge is 0.495 e. The summed E-state index contributed by atoms with van der Waals surface area (Å²) in [4.78, 5) is 15.4. The van der Waals surface area contributed by atoms with E-state index < -0.39 is 6.10 Å². The summed E-state index contributed by atoms with van der Waals surface area (Å²) in [5.74, 6) is 1.69. The maximum absolute atomic E-state index is 11.7. The lowest BCUT2D eigenvalue weighted by Crippen LogP contribution is -3.16. The first kappa shape index (κ1) is 21.1. The Morgan fingerprint density at radius 3 is 2.48 bits per heavy atom. The van der Waals surface area contributed by atoms with Crippen molar-refractivity contribution in [1.82, 2.24) is 0 Å². The van der Waals surface area contributed by atoms with Crippen molar-refractivity contribution in [2.75, 3.05) is 51.3 Å². The van der Waals surface area contributed by atoms with Crippen molar-refractivity contribution in [2.45, 2.75) is 19.4 Å². The summed E-state index contributed by atoms with van der Waals surface area (Å²) in [6.07, 6.45) is -0.0359. The summed E-state index contributed by atoms with van der Waals surface area (Å²) < 4.78 is 11.2. The number of benzene rings is 2. The summed E-state index contributed by atoms with van der Waals surface area (Å²) in [5.41, 5.74) is 1.82. The molecule has 2 N–H and O–H groups in total. The number of carbonyl (C=O) groups is 1. The Morgan fingerprint density at radius 2 is 1.83 bits per heavy atom. The van der Waals surface area contributed by atoms with Crippen LogP contribution in [0.3, 0.4) is 0 Å². The van der Waals surface area contributed by atoms with Crippen molar-refractivity contribution in [3.63, 3.8) is 0 Å². The van der Waals surface area contributed by atoms with Gasteiger partial charge in [-0.15, -0.1) is 0 Å². The molecule has 156 valence electrons. The number of piperazine rings is 1. The van der Waals surface area contributed by atoms with E-state index in [9.17, 15) is 9.90 Å². The monoisotopic (exact) mass is 399 g/mol. The molecule has 29 heavy (non-hydrogen) atoms. The van der Waals surface area contributed by atoms with Gasteiger partial charge in [0.25, 0.3) is 0 Å². The predicted octanol–water partition coefficient (Wildman–Crippen LogP) is 1.43. The number of ether oxygens (including phenoxy) is 2. The van der Waals surface area contributed by atoms with E-state index in [4.69, 9.17) is 9.47 Å². The van der Waals surface area contributed by atoms with Crippen molar-refractivity contribution in [2.24, 2.45) is 0 Å². The Kier molecular flexibility index (Phi) is 7.49. The molecule has 1 heterocycles. The molecule has 0 radical (unpaired) electrons. The smallest absolute Gasteiger partial charge is 0.162 e. The first-order valence-corrected chi connectivity index (χ1v) is 10.3. The summed E-state index contributed by atoms with van der Waals surface area (Å²) in [7, 11) is 1.70. The molecule has 2 aromatic carbocycles. The maximum Gasteiger partial charge on any atom is 0.162 e. The molecule has 0 spiro atoms. The van der Waals surface area contributed by atoms with Crippen molar-refractivity contribution < 1.29 is 24.3 Å². The molecule has 0 aromatic heterocycles. The summed E-state index contributed by atoms with van der Waals surface area (Å²) in [5, 5.41) is 10.4. The third-order valence-electron chi connectivity index (χ3n) is 5.36. The van der Waals surface area contributed by atoms with E-state index in [1.54, 1.807) is 31.4 Å².